The molecule has 0 aliphatic heterocycles. The molecule has 0 spiro atoms. The van der Waals surface area contributed by atoms with Crippen LogP contribution in [0.2, 0.25) is 0 Å². The lowest BCUT2D eigenvalue weighted by Crippen LogP contribution is -2.19. The van der Waals surface area contributed by atoms with Crippen molar-refractivity contribution in [3.05, 3.63) is 42.1 Å². The van der Waals surface area contributed by atoms with Crippen molar-refractivity contribution in [1.82, 2.24) is 9.97 Å². The van der Waals surface area contributed by atoms with E-state index in [1.165, 1.54) is 0 Å². The Kier molecular flexibility index (Phi) is 3.36. The van der Waals surface area contributed by atoms with Crippen molar-refractivity contribution in [2.75, 3.05) is 5.32 Å². The first-order valence-electron chi connectivity index (χ1n) is 5.30. The van der Waals surface area contributed by atoms with Crippen LogP contribution in [0.5, 0.6) is 0 Å². The van der Waals surface area contributed by atoms with Crippen LogP contribution >= 0.6 is 0 Å². The van der Waals surface area contributed by atoms with Gasteiger partial charge in [-0.2, -0.15) is 5.26 Å². The Morgan fingerprint density at radius 2 is 2.41 bits per heavy atom. The highest BCUT2D eigenvalue weighted by Gasteiger charge is 2.07. The van der Waals surface area contributed by atoms with Gasteiger partial charge in [0.15, 0.2) is 0 Å². The van der Waals surface area contributed by atoms with Crippen LogP contribution in [0, 0.1) is 11.3 Å². The van der Waals surface area contributed by atoms with Crippen molar-refractivity contribution in [2.45, 2.75) is 19.4 Å². The van der Waals surface area contributed by atoms with Crippen molar-refractivity contribution in [3.63, 3.8) is 0 Å². The smallest absolute Gasteiger partial charge is 0.224 e. The average Bonchev–Trinajstić information content (AvgIpc) is 2.82. The quantitative estimate of drug-likeness (QED) is 0.866. The fraction of sp³-hybridized carbons (Fsp3) is 0.250. The number of nitrogens with one attached hydrogen (secondary N) is 1. The molecule has 0 bridgehead atoms. The number of rotatable bonds is 4. The maximum Gasteiger partial charge on any atom is 0.224 e. The summed E-state index contributed by atoms with van der Waals surface area (Å²) in [5, 5.41) is 11.8. The van der Waals surface area contributed by atoms with E-state index in [2.05, 4.69) is 15.3 Å². The highest BCUT2D eigenvalue weighted by atomic mass is 16.3. The van der Waals surface area contributed by atoms with Crippen LogP contribution in [-0.4, -0.2) is 16.0 Å². The molecule has 2 heterocycles. The Balaban J connectivity index is 1.98. The van der Waals surface area contributed by atoms with Gasteiger partial charge in [0.25, 0.3) is 0 Å². The van der Waals surface area contributed by atoms with E-state index in [4.69, 9.17) is 9.68 Å². The van der Waals surface area contributed by atoms with E-state index in [0.717, 1.165) is 12.2 Å². The van der Waals surface area contributed by atoms with Gasteiger partial charge in [0.2, 0.25) is 5.95 Å². The SMILES string of the molecule is CC(Cc1ccco1)Nc1nccc(C#N)n1. The van der Waals surface area contributed by atoms with Gasteiger partial charge in [0, 0.05) is 18.7 Å². The Morgan fingerprint density at radius 1 is 1.53 bits per heavy atom. The molecule has 2 aromatic heterocycles. The van der Waals surface area contributed by atoms with Gasteiger partial charge in [-0.3, -0.25) is 0 Å². The average molecular weight is 228 g/mol. The third-order valence-electron chi connectivity index (χ3n) is 2.23. The zero-order valence-corrected chi connectivity index (χ0v) is 9.42. The monoisotopic (exact) mass is 228 g/mol. The summed E-state index contributed by atoms with van der Waals surface area (Å²) in [6.07, 6.45) is 3.95. The van der Waals surface area contributed by atoms with Crippen molar-refractivity contribution in [3.8, 4) is 6.07 Å². The lowest BCUT2D eigenvalue weighted by atomic mass is 10.2. The molecule has 5 heteroatoms. The summed E-state index contributed by atoms with van der Waals surface area (Å²) >= 11 is 0. The summed E-state index contributed by atoms with van der Waals surface area (Å²) in [7, 11) is 0. The molecule has 17 heavy (non-hydrogen) atoms. The highest BCUT2D eigenvalue weighted by molar-refractivity contribution is 5.31. The number of anilines is 1. The molecular formula is C12H12N4O. The van der Waals surface area contributed by atoms with Gasteiger partial charge in [0.1, 0.15) is 17.5 Å². The van der Waals surface area contributed by atoms with Crippen molar-refractivity contribution >= 4 is 5.95 Å². The van der Waals surface area contributed by atoms with Crippen LogP contribution in [0.3, 0.4) is 0 Å². The fourth-order valence-electron chi connectivity index (χ4n) is 1.49. The summed E-state index contributed by atoms with van der Waals surface area (Å²) in [6.45, 7) is 2.00. The predicted octanol–water partition coefficient (Wildman–Crippen LogP) is 1.98. The maximum absolute atomic E-state index is 8.72. The molecule has 0 saturated carbocycles. The van der Waals surface area contributed by atoms with Gasteiger partial charge < -0.3 is 9.73 Å². The Labute approximate surface area is 99.1 Å². The minimum Gasteiger partial charge on any atom is -0.469 e. The molecule has 0 aliphatic rings. The van der Waals surface area contributed by atoms with Crippen LogP contribution in [0.15, 0.2) is 35.1 Å². The second-order valence-corrected chi connectivity index (χ2v) is 3.71. The summed E-state index contributed by atoms with van der Waals surface area (Å²) in [6, 6.07) is 7.46. The lowest BCUT2D eigenvalue weighted by molar-refractivity contribution is 0.497. The van der Waals surface area contributed by atoms with E-state index in [-0.39, 0.29) is 6.04 Å². The third-order valence-corrected chi connectivity index (χ3v) is 2.23. The summed E-state index contributed by atoms with van der Waals surface area (Å²) in [5.41, 5.74) is 0.354. The van der Waals surface area contributed by atoms with Crippen LogP contribution in [-0.2, 0) is 6.42 Å². The summed E-state index contributed by atoms with van der Waals surface area (Å²) in [5.74, 6) is 1.37. The molecule has 86 valence electrons. The standard InChI is InChI=1S/C12H12N4O/c1-9(7-11-3-2-6-17-11)15-12-14-5-4-10(8-13)16-12/h2-6,9H,7H2,1H3,(H,14,15,16). The largest absolute Gasteiger partial charge is 0.469 e. The normalized spacial score (nSPS) is 11.8. The molecule has 2 aromatic rings. The summed E-state index contributed by atoms with van der Waals surface area (Å²) in [4.78, 5) is 8.10. The van der Waals surface area contributed by atoms with Crippen LogP contribution < -0.4 is 5.32 Å². The second-order valence-electron chi connectivity index (χ2n) is 3.71. The van der Waals surface area contributed by atoms with E-state index in [1.54, 1.807) is 18.5 Å². The molecule has 0 saturated heterocycles. The van der Waals surface area contributed by atoms with Crippen LogP contribution in [0.25, 0.3) is 0 Å². The van der Waals surface area contributed by atoms with Gasteiger partial charge in [-0.15, -0.1) is 0 Å². The van der Waals surface area contributed by atoms with E-state index in [9.17, 15) is 0 Å². The van der Waals surface area contributed by atoms with Crippen molar-refractivity contribution < 1.29 is 4.42 Å². The van der Waals surface area contributed by atoms with Gasteiger partial charge in [-0.1, -0.05) is 0 Å². The molecule has 0 aromatic carbocycles. The number of aromatic nitrogens is 2. The zero-order valence-electron chi connectivity index (χ0n) is 9.42. The number of nitrogens with zero attached hydrogens (tertiary/aromatic N) is 3. The van der Waals surface area contributed by atoms with Gasteiger partial charge >= 0.3 is 0 Å². The Bertz CT molecular complexity index is 516. The van der Waals surface area contributed by atoms with Crippen molar-refractivity contribution in [1.29, 1.82) is 5.26 Å². The predicted molar refractivity (Wildman–Crippen MR) is 62.2 cm³/mol. The first-order valence-corrected chi connectivity index (χ1v) is 5.30. The van der Waals surface area contributed by atoms with Gasteiger partial charge in [-0.05, 0) is 25.1 Å². The highest BCUT2D eigenvalue weighted by Crippen LogP contribution is 2.08. The fourth-order valence-corrected chi connectivity index (χ4v) is 1.49. The van der Waals surface area contributed by atoms with Crippen LogP contribution in [0.1, 0.15) is 18.4 Å². The molecule has 0 radical (unpaired) electrons. The van der Waals surface area contributed by atoms with Crippen molar-refractivity contribution in [2.24, 2.45) is 0 Å². The number of furan rings is 1. The minimum atomic E-state index is 0.134. The molecule has 1 atom stereocenters. The Morgan fingerprint density at radius 3 is 3.12 bits per heavy atom. The van der Waals surface area contributed by atoms with Crippen LogP contribution in [0.4, 0.5) is 5.95 Å². The number of hydrogen-bond acceptors (Lipinski definition) is 5. The maximum atomic E-state index is 8.72. The first-order chi connectivity index (χ1) is 8.28. The number of nitriles is 1. The third kappa shape index (κ3) is 3.05. The Hall–Kier alpha value is -2.35. The summed E-state index contributed by atoms with van der Waals surface area (Å²) < 4.78 is 5.25. The van der Waals surface area contributed by atoms with E-state index in [1.807, 2.05) is 25.1 Å². The molecule has 0 fully saturated rings. The minimum absolute atomic E-state index is 0.134. The molecular weight excluding hydrogens is 216 g/mol. The lowest BCUT2D eigenvalue weighted by Gasteiger charge is -2.11. The topological polar surface area (TPSA) is 74.7 Å². The molecule has 0 aliphatic carbocycles. The second kappa shape index (κ2) is 5.12. The molecule has 2 rings (SSSR count). The van der Waals surface area contributed by atoms with E-state index >= 15 is 0 Å². The first kappa shape index (κ1) is 11.1. The van der Waals surface area contributed by atoms with Gasteiger partial charge in [0.05, 0.1) is 6.26 Å². The zero-order chi connectivity index (χ0) is 12.1. The number of hydrogen-bond donors (Lipinski definition) is 1. The molecule has 0 amide bonds. The molecule has 1 unspecified atom stereocenters. The molecule has 1 N–H and O–H groups in total. The molecule has 5 nitrogen and oxygen atoms in total. The van der Waals surface area contributed by atoms with E-state index in [0.29, 0.717) is 11.6 Å². The van der Waals surface area contributed by atoms with E-state index < -0.39 is 0 Å². The van der Waals surface area contributed by atoms with Gasteiger partial charge in [-0.25, -0.2) is 9.97 Å².